The molecule has 4 rings (SSSR count). The number of thiophene rings is 1. The highest BCUT2D eigenvalue weighted by Gasteiger charge is 2.36. The van der Waals surface area contributed by atoms with Crippen LogP contribution in [0.2, 0.25) is 0 Å². The van der Waals surface area contributed by atoms with E-state index in [1.54, 1.807) is 38.5 Å². The van der Waals surface area contributed by atoms with Crippen LogP contribution in [-0.2, 0) is 12.7 Å². The topological polar surface area (TPSA) is 97.4 Å². The van der Waals surface area contributed by atoms with Crippen molar-refractivity contribution in [3.8, 4) is 10.6 Å². The number of amides is 2. The number of aryl methyl sites for hydroxylation is 1. The number of halogens is 3. The molecular weight excluding hydrogens is 459 g/mol. The summed E-state index contributed by atoms with van der Waals surface area (Å²) in [5, 5.41) is 12.2. The van der Waals surface area contributed by atoms with Crippen LogP contribution in [0.1, 0.15) is 33.6 Å². The van der Waals surface area contributed by atoms with Gasteiger partial charge in [-0.05, 0) is 24.4 Å². The monoisotopic (exact) mass is 477 g/mol. The Balaban J connectivity index is 1.75. The van der Waals surface area contributed by atoms with E-state index in [0.29, 0.717) is 15.9 Å². The quantitative estimate of drug-likeness (QED) is 0.473. The van der Waals surface area contributed by atoms with Gasteiger partial charge in [0.05, 0.1) is 22.5 Å². The maximum absolute atomic E-state index is 13.7. The average Bonchev–Trinajstić information content (AvgIpc) is 3.50. The Kier molecular flexibility index (Phi) is 5.66. The number of anilines is 1. The van der Waals surface area contributed by atoms with Crippen molar-refractivity contribution >= 4 is 34.5 Å². The lowest BCUT2D eigenvalue weighted by Gasteiger charge is -2.13. The van der Waals surface area contributed by atoms with Gasteiger partial charge in [-0.25, -0.2) is 9.50 Å². The van der Waals surface area contributed by atoms with Crippen LogP contribution in [-0.4, -0.2) is 55.2 Å². The number of rotatable bonds is 5. The fraction of sp³-hybridized carbons (Fsp3) is 0.250. The predicted octanol–water partition coefficient (Wildman–Crippen LogP) is 3.65. The molecule has 0 spiro atoms. The summed E-state index contributed by atoms with van der Waals surface area (Å²) >= 11 is 1.25. The van der Waals surface area contributed by atoms with Gasteiger partial charge in [-0.3, -0.25) is 14.3 Å². The minimum Gasteiger partial charge on any atom is -0.343 e. The molecule has 0 atom stereocenters. The normalized spacial score (nSPS) is 11.7. The maximum atomic E-state index is 13.7. The van der Waals surface area contributed by atoms with Gasteiger partial charge in [0, 0.05) is 26.7 Å². The van der Waals surface area contributed by atoms with Crippen LogP contribution in [0.15, 0.2) is 35.8 Å². The smallest absolute Gasteiger partial charge is 0.343 e. The fourth-order valence-electron chi connectivity index (χ4n) is 3.18. The lowest BCUT2D eigenvalue weighted by atomic mass is 10.2. The molecule has 172 valence electrons. The highest BCUT2D eigenvalue weighted by Crippen LogP contribution is 2.33. The SMILES string of the molecule is CCn1ncc(NC(=O)c2cc3nc(-c4cccs4)cc(C(F)(F)F)n3n2)c1C(=O)N(C)C. The molecule has 33 heavy (non-hydrogen) atoms. The first-order valence-electron chi connectivity index (χ1n) is 9.70. The van der Waals surface area contributed by atoms with Gasteiger partial charge in [-0.2, -0.15) is 23.4 Å². The summed E-state index contributed by atoms with van der Waals surface area (Å²) in [7, 11) is 3.11. The molecule has 4 aromatic rings. The van der Waals surface area contributed by atoms with Crippen molar-refractivity contribution in [2.75, 3.05) is 19.4 Å². The van der Waals surface area contributed by atoms with Gasteiger partial charge < -0.3 is 10.2 Å². The Bertz CT molecular complexity index is 1340. The molecule has 0 unspecified atom stereocenters. The number of aromatic nitrogens is 5. The Morgan fingerprint density at radius 3 is 2.61 bits per heavy atom. The molecule has 4 aromatic heterocycles. The van der Waals surface area contributed by atoms with Crippen LogP contribution in [0.4, 0.5) is 18.9 Å². The summed E-state index contributed by atoms with van der Waals surface area (Å²) in [4.78, 5) is 31.5. The highest BCUT2D eigenvalue weighted by atomic mass is 32.1. The molecule has 0 saturated carbocycles. The molecule has 0 aliphatic heterocycles. The van der Waals surface area contributed by atoms with E-state index in [4.69, 9.17) is 0 Å². The second kappa shape index (κ2) is 8.31. The summed E-state index contributed by atoms with van der Waals surface area (Å²) in [6.45, 7) is 2.16. The largest absolute Gasteiger partial charge is 0.433 e. The number of hydrogen-bond donors (Lipinski definition) is 1. The molecule has 0 aromatic carbocycles. The Morgan fingerprint density at radius 2 is 2.00 bits per heavy atom. The molecule has 0 bridgehead atoms. The van der Waals surface area contributed by atoms with E-state index in [9.17, 15) is 22.8 Å². The van der Waals surface area contributed by atoms with Crippen molar-refractivity contribution in [3.63, 3.8) is 0 Å². The summed E-state index contributed by atoms with van der Waals surface area (Å²) in [5.74, 6) is -1.18. The molecule has 0 aliphatic carbocycles. The number of nitrogens with one attached hydrogen (secondary N) is 1. The zero-order valence-electron chi connectivity index (χ0n) is 17.7. The summed E-state index contributed by atoms with van der Waals surface area (Å²) in [5.41, 5.74) is -1.08. The lowest BCUT2D eigenvalue weighted by Crippen LogP contribution is -2.26. The minimum absolute atomic E-state index is 0.125. The van der Waals surface area contributed by atoms with Gasteiger partial charge in [0.15, 0.2) is 17.0 Å². The number of hydrogen-bond acceptors (Lipinski definition) is 6. The third-order valence-corrected chi connectivity index (χ3v) is 5.61. The standard InChI is InChI=1S/C20H18F3N7O2S/c1-4-29-17(19(32)28(2)3)13(10-24-29)26-18(31)12-9-16-25-11(14-6-5-7-33-14)8-15(20(21,22)23)30(16)27-12/h5-10H,4H2,1-3H3,(H,26,31). The van der Waals surface area contributed by atoms with Crippen molar-refractivity contribution < 1.29 is 22.8 Å². The Morgan fingerprint density at radius 1 is 1.24 bits per heavy atom. The first-order valence-corrected chi connectivity index (χ1v) is 10.6. The van der Waals surface area contributed by atoms with Gasteiger partial charge in [-0.1, -0.05) is 6.07 Å². The van der Waals surface area contributed by atoms with Crippen molar-refractivity contribution in [2.24, 2.45) is 0 Å². The molecule has 1 N–H and O–H groups in total. The molecule has 13 heteroatoms. The first kappa shape index (κ1) is 22.5. The zero-order chi connectivity index (χ0) is 23.9. The number of nitrogens with zero attached hydrogens (tertiary/aromatic N) is 6. The van der Waals surface area contributed by atoms with Crippen molar-refractivity contribution in [1.82, 2.24) is 29.3 Å². The van der Waals surface area contributed by atoms with Crippen LogP contribution in [0.3, 0.4) is 0 Å². The van der Waals surface area contributed by atoms with Gasteiger partial charge >= 0.3 is 6.18 Å². The van der Waals surface area contributed by atoms with Crippen LogP contribution >= 0.6 is 11.3 Å². The molecule has 0 radical (unpaired) electrons. The molecular formula is C20H18F3N7O2S. The lowest BCUT2D eigenvalue weighted by molar-refractivity contribution is -0.142. The van der Waals surface area contributed by atoms with E-state index in [1.165, 1.54) is 33.2 Å². The van der Waals surface area contributed by atoms with Gasteiger partial charge in [0.1, 0.15) is 5.69 Å². The Labute approximate surface area is 189 Å². The van der Waals surface area contributed by atoms with Gasteiger partial charge in [-0.15, -0.1) is 11.3 Å². The molecule has 2 amide bonds. The zero-order valence-corrected chi connectivity index (χ0v) is 18.5. The van der Waals surface area contributed by atoms with Crippen LogP contribution in [0, 0.1) is 0 Å². The number of fused-ring (bicyclic) bond motifs is 1. The van der Waals surface area contributed by atoms with Crippen LogP contribution in [0.5, 0.6) is 0 Å². The summed E-state index contributed by atoms with van der Waals surface area (Å²) in [6, 6.07) is 5.42. The second-order valence-corrected chi connectivity index (χ2v) is 8.13. The van der Waals surface area contributed by atoms with Crippen molar-refractivity contribution in [2.45, 2.75) is 19.6 Å². The van der Waals surface area contributed by atoms with E-state index in [2.05, 4.69) is 20.5 Å². The third kappa shape index (κ3) is 4.18. The van der Waals surface area contributed by atoms with E-state index >= 15 is 0 Å². The number of alkyl halides is 3. The summed E-state index contributed by atoms with van der Waals surface area (Å²) < 4.78 is 43.2. The third-order valence-electron chi connectivity index (χ3n) is 4.72. The number of carbonyl (C=O) groups is 2. The van der Waals surface area contributed by atoms with E-state index in [-0.39, 0.29) is 34.3 Å². The van der Waals surface area contributed by atoms with Crippen molar-refractivity contribution in [1.29, 1.82) is 0 Å². The Hall–Kier alpha value is -3.74. The van der Waals surface area contributed by atoms with Crippen LogP contribution in [0.25, 0.3) is 16.2 Å². The average molecular weight is 477 g/mol. The van der Waals surface area contributed by atoms with Crippen LogP contribution < -0.4 is 5.32 Å². The number of carbonyl (C=O) groups excluding carboxylic acids is 2. The maximum Gasteiger partial charge on any atom is 0.433 e. The molecule has 9 nitrogen and oxygen atoms in total. The fourth-order valence-corrected chi connectivity index (χ4v) is 3.86. The van der Waals surface area contributed by atoms with E-state index in [0.717, 1.165) is 6.07 Å². The predicted molar refractivity (Wildman–Crippen MR) is 115 cm³/mol. The van der Waals surface area contributed by atoms with Gasteiger partial charge in [0.25, 0.3) is 11.8 Å². The van der Waals surface area contributed by atoms with E-state index < -0.39 is 17.8 Å². The summed E-state index contributed by atoms with van der Waals surface area (Å²) in [6.07, 6.45) is -3.41. The van der Waals surface area contributed by atoms with Crippen molar-refractivity contribution in [3.05, 3.63) is 52.9 Å². The van der Waals surface area contributed by atoms with E-state index in [1.807, 2.05) is 0 Å². The van der Waals surface area contributed by atoms with Gasteiger partial charge in [0.2, 0.25) is 0 Å². The first-order chi connectivity index (χ1) is 15.6. The minimum atomic E-state index is -4.72. The molecule has 0 fully saturated rings. The molecule has 0 aliphatic rings. The molecule has 0 saturated heterocycles. The molecule has 4 heterocycles. The second-order valence-electron chi connectivity index (χ2n) is 7.18. The highest BCUT2D eigenvalue weighted by molar-refractivity contribution is 7.13.